The first-order chi connectivity index (χ1) is 10.5. The van der Waals surface area contributed by atoms with Crippen LogP contribution < -0.4 is 10.6 Å². The van der Waals surface area contributed by atoms with Crippen LogP contribution in [-0.4, -0.2) is 48.7 Å². The summed E-state index contributed by atoms with van der Waals surface area (Å²) in [5.74, 6) is -1.64. The SMILES string of the molecule is CCCCCC(=O)NC(CCC(=O)NCCOCC)C(=O)O. The van der Waals surface area contributed by atoms with Crippen molar-refractivity contribution >= 4 is 17.8 Å². The number of carboxylic acids is 1. The molecule has 7 heteroatoms. The zero-order valence-corrected chi connectivity index (χ0v) is 13.5. The lowest BCUT2D eigenvalue weighted by molar-refractivity contribution is -0.142. The lowest BCUT2D eigenvalue weighted by atomic mass is 10.1. The van der Waals surface area contributed by atoms with E-state index < -0.39 is 12.0 Å². The number of carbonyl (C=O) groups is 3. The Morgan fingerprint density at radius 1 is 1.09 bits per heavy atom. The van der Waals surface area contributed by atoms with Crippen LogP contribution in [0, 0.1) is 0 Å². The van der Waals surface area contributed by atoms with Crippen molar-refractivity contribution in [3.8, 4) is 0 Å². The maximum Gasteiger partial charge on any atom is 0.326 e. The van der Waals surface area contributed by atoms with E-state index in [1.165, 1.54) is 0 Å². The molecule has 1 atom stereocenters. The van der Waals surface area contributed by atoms with E-state index >= 15 is 0 Å². The maximum atomic E-state index is 11.6. The van der Waals surface area contributed by atoms with Gasteiger partial charge in [0, 0.05) is 26.0 Å². The van der Waals surface area contributed by atoms with Gasteiger partial charge in [-0.15, -0.1) is 0 Å². The molecule has 0 aliphatic rings. The fourth-order valence-corrected chi connectivity index (χ4v) is 1.83. The molecule has 2 amide bonds. The van der Waals surface area contributed by atoms with Crippen LogP contribution in [0.5, 0.6) is 0 Å². The second kappa shape index (κ2) is 13.1. The zero-order chi connectivity index (χ0) is 16.8. The number of unbranched alkanes of at least 4 members (excludes halogenated alkanes) is 2. The first kappa shape index (κ1) is 20.4. The number of hydrogen-bond acceptors (Lipinski definition) is 4. The van der Waals surface area contributed by atoms with E-state index in [-0.39, 0.29) is 24.7 Å². The summed E-state index contributed by atoms with van der Waals surface area (Å²) in [5, 5.41) is 14.2. The van der Waals surface area contributed by atoms with Crippen LogP contribution >= 0.6 is 0 Å². The molecule has 0 heterocycles. The molecular formula is C15H28N2O5. The summed E-state index contributed by atoms with van der Waals surface area (Å²) in [6, 6.07) is -1.02. The van der Waals surface area contributed by atoms with Gasteiger partial charge in [0.25, 0.3) is 0 Å². The van der Waals surface area contributed by atoms with E-state index in [9.17, 15) is 14.4 Å². The van der Waals surface area contributed by atoms with Gasteiger partial charge in [-0.05, 0) is 19.8 Å². The molecule has 128 valence electrons. The van der Waals surface area contributed by atoms with Crippen LogP contribution in [0.25, 0.3) is 0 Å². The van der Waals surface area contributed by atoms with E-state index in [2.05, 4.69) is 10.6 Å². The van der Waals surface area contributed by atoms with Crippen LogP contribution in [0.1, 0.15) is 52.4 Å². The van der Waals surface area contributed by atoms with Crippen LogP contribution in [0.2, 0.25) is 0 Å². The van der Waals surface area contributed by atoms with Gasteiger partial charge in [0.1, 0.15) is 6.04 Å². The molecule has 0 radical (unpaired) electrons. The van der Waals surface area contributed by atoms with Crippen molar-refractivity contribution in [3.05, 3.63) is 0 Å². The summed E-state index contributed by atoms with van der Waals surface area (Å²) in [4.78, 5) is 34.3. The van der Waals surface area contributed by atoms with Crippen LogP contribution in [0.3, 0.4) is 0 Å². The average Bonchev–Trinajstić information content (AvgIpc) is 2.48. The number of rotatable bonds is 13. The van der Waals surface area contributed by atoms with Crippen molar-refractivity contribution in [1.82, 2.24) is 10.6 Å². The normalized spacial score (nSPS) is 11.7. The molecule has 0 aromatic carbocycles. The molecule has 0 aromatic heterocycles. The Morgan fingerprint density at radius 3 is 2.41 bits per heavy atom. The largest absolute Gasteiger partial charge is 0.480 e. The molecule has 3 N–H and O–H groups in total. The maximum absolute atomic E-state index is 11.6. The summed E-state index contributed by atoms with van der Waals surface area (Å²) < 4.78 is 5.08. The first-order valence-corrected chi connectivity index (χ1v) is 7.87. The number of aliphatic carboxylic acids is 1. The predicted octanol–water partition coefficient (Wildman–Crippen LogP) is 1.07. The molecule has 0 saturated heterocycles. The summed E-state index contributed by atoms with van der Waals surface area (Å²) in [6.07, 6.45) is 3.13. The third-order valence-electron chi connectivity index (χ3n) is 3.07. The molecule has 0 aromatic rings. The topological polar surface area (TPSA) is 105 Å². The highest BCUT2D eigenvalue weighted by atomic mass is 16.5. The molecule has 0 bridgehead atoms. The summed E-state index contributed by atoms with van der Waals surface area (Å²) in [7, 11) is 0. The molecule has 0 saturated carbocycles. The van der Waals surface area contributed by atoms with E-state index in [1.54, 1.807) is 0 Å². The van der Waals surface area contributed by atoms with Gasteiger partial charge in [0.2, 0.25) is 11.8 Å². The smallest absolute Gasteiger partial charge is 0.326 e. The van der Waals surface area contributed by atoms with Crippen molar-refractivity contribution in [1.29, 1.82) is 0 Å². The van der Waals surface area contributed by atoms with Crippen LogP contribution in [0.4, 0.5) is 0 Å². The highest BCUT2D eigenvalue weighted by Crippen LogP contribution is 2.02. The standard InChI is InChI=1S/C15H28N2O5/c1-3-5-6-7-14(19)17-12(15(20)21)8-9-13(18)16-10-11-22-4-2/h12H,3-11H2,1-2H3,(H,16,18)(H,17,19)(H,20,21). The molecule has 1 unspecified atom stereocenters. The van der Waals surface area contributed by atoms with Gasteiger partial charge < -0.3 is 20.5 Å². The Kier molecular flexibility index (Phi) is 12.1. The number of amides is 2. The van der Waals surface area contributed by atoms with Crippen molar-refractivity contribution in [3.63, 3.8) is 0 Å². The first-order valence-electron chi connectivity index (χ1n) is 7.87. The fraction of sp³-hybridized carbons (Fsp3) is 0.800. The zero-order valence-electron chi connectivity index (χ0n) is 13.5. The molecule has 0 fully saturated rings. The average molecular weight is 316 g/mol. The minimum atomic E-state index is -1.12. The number of carbonyl (C=O) groups excluding carboxylic acids is 2. The Morgan fingerprint density at radius 2 is 1.82 bits per heavy atom. The van der Waals surface area contributed by atoms with Crippen molar-refractivity contribution in [2.45, 2.75) is 58.4 Å². The molecule has 0 rings (SSSR count). The second-order valence-corrected chi connectivity index (χ2v) is 5.00. The Balaban J connectivity index is 4.00. The fourth-order valence-electron chi connectivity index (χ4n) is 1.83. The van der Waals surface area contributed by atoms with E-state index in [1.807, 2.05) is 13.8 Å². The lowest BCUT2D eigenvalue weighted by Crippen LogP contribution is -2.41. The van der Waals surface area contributed by atoms with Gasteiger partial charge >= 0.3 is 5.97 Å². The number of nitrogens with one attached hydrogen (secondary N) is 2. The molecule has 0 aliphatic heterocycles. The third-order valence-corrected chi connectivity index (χ3v) is 3.07. The minimum Gasteiger partial charge on any atom is -0.480 e. The number of hydrogen-bond donors (Lipinski definition) is 3. The lowest BCUT2D eigenvalue weighted by Gasteiger charge is -2.14. The van der Waals surface area contributed by atoms with Gasteiger partial charge in [0.15, 0.2) is 0 Å². The predicted molar refractivity (Wildman–Crippen MR) is 82.4 cm³/mol. The summed E-state index contributed by atoms with van der Waals surface area (Å²) in [6.45, 7) is 5.30. The van der Waals surface area contributed by atoms with Crippen molar-refractivity contribution in [2.75, 3.05) is 19.8 Å². The van der Waals surface area contributed by atoms with Crippen LogP contribution in [0.15, 0.2) is 0 Å². The van der Waals surface area contributed by atoms with Crippen molar-refractivity contribution < 1.29 is 24.2 Å². The van der Waals surface area contributed by atoms with Crippen molar-refractivity contribution in [2.24, 2.45) is 0 Å². The molecule has 22 heavy (non-hydrogen) atoms. The highest BCUT2D eigenvalue weighted by molar-refractivity contribution is 5.84. The Labute approximate surface area is 131 Å². The molecular weight excluding hydrogens is 288 g/mol. The van der Waals surface area contributed by atoms with Gasteiger partial charge in [-0.2, -0.15) is 0 Å². The van der Waals surface area contributed by atoms with Gasteiger partial charge in [-0.25, -0.2) is 4.79 Å². The number of carboxylic acid groups (broad SMARTS) is 1. The number of ether oxygens (including phenoxy) is 1. The van der Waals surface area contributed by atoms with Gasteiger partial charge in [-0.1, -0.05) is 19.8 Å². The summed E-state index contributed by atoms with van der Waals surface area (Å²) >= 11 is 0. The monoisotopic (exact) mass is 316 g/mol. The molecule has 0 spiro atoms. The summed E-state index contributed by atoms with van der Waals surface area (Å²) in [5.41, 5.74) is 0. The van der Waals surface area contributed by atoms with E-state index in [4.69, 9.17) is 9.84 Å². The third kappa shape index (κ3) is 11.1. The van der Waals surface area contributed by atoms with E-state index in [0.717, 1.165) is 19.3 Å². The van der Waals surface area contributed by atoms with Gasteiger partial charge in [-0.3, -0.25) is 9.59 Å². The minimum absolute atomic E-state index is 0.0539. The Bertz CT molecular complexity index is 347. The quantitative estimate of drug-likeness (QED) is 0.441. The molecule has 7 nitrogen and oxygen atoms in total. The van der Waals surface area contributed by atoms with Gasteiger partial charge in [0.05, 0.1) is 6.61 Å². The second-order valence-electron chi connectivity index (χ2n) is 5.00. The van der Waals surface area contributed by atoms with E-state index in [0.29, 0.717) is 26.2 Å². The Hall–Kier alpha value is -1.63. The molecule has 0 aliphatic carbocycles. The van der Waals surface area contributed by atoms with Crippen LogP contribution in [-0.2, 0) is 19.1 Å². The highest BCUT2D eigenvalue weighted by Gasteiger charge is 2.20.